The smallest absolute Gasteiger partial charge is 0.243 e. The maximum Gasteiger partial charge on any atom is 0.243 e. The first-order valence-corrected chi connectivity index (χ1v) is 10.6. The van der Waals surface area contributed by atoms with Gasteiger partial charge < -0.3 is 10.0 Å². The van der Waals surface area contributed by atoms with Crippen molar-refractivity contribution in [2.24, 2.45) is 0 Å². The lowest BCUT2D eigenvalue weighted by molar-refractivity contribution is 0.475. The normalized spacial score (nSPS) is 13.7. The molecule has 5 nitrogen and oxygen atoms in total. The highest BCUT2D eigenvalue weighted by Crippen LogP contribution is 2.51. The van der Waals surface area contributed by atoms with Crippen molar-refractivity contribution >= 4 is 44.8 Å². The highest BCUT2D eigenvalue weighted by molar-refractivity contribution is 8.00. The topological polar surface area (TPSA) is 60.9 Å². The first-order chi connectivity index (χ1) is 11.9. The van der Waals surface area contributed by atoms with Gasteiger partial charge >= 0.3 is 0 Å². The van der Waals surface area contributed by atoms with Gasteiger partial charge in [-0.2, -0.15) is 0 Å². The minimum atomic E-state index is -3.56. The number of aromatic hydroxyl groups is 1. The molecular weight excluding hydrogens is 380 g/mol. The van der Waals surface area contributed by atoms with E-state index in [-0.39, 0.29) is 10.6 Å². The van der Waals surface area contributed by atoms with Crippen LogP contribution in [-0.4, -0.2) is 44.3 Å². The van der Waals surface area contributed by atoms with Crippen LogP contribution in [0.4, 0.5) is 11.4 Å². The van der Waals surface area contributed by atoms with Crippen molar-refractivity contribution in [3.63, 3.8) is 0 Å². The first-order valence-electron chi connectivity index (χ1n) is 7.76. The number of fused-ring (bicyclic) bond motifs is 2. The maximum absolute atomic E-state index is 12.7. The van der Waals surface area contributed by atoms with E-state index < -0.39 is 10.0 Å². The molecule has 0 unspecified atom stereocenters. The zero-order valence-electron chi connectivity index (χ0n) is 13.9. The Labute approximate surface area is 157 Å². The predicted molar refractivity (Wildman–Crippen MR) is 102 cm³/mol. The van der Waals surface area contributed by atoms with E-state index in [1.165, 1.54) is 30.2 Å². The minimum absolute atomic E-state index is 0.177. The first kappa shape index (κ1) is 18.4. The highest BCUT2D eigenvalue weighted by Gasteiger charge is 2.30. The molecule has 3 rings (SSSR count). The summed E-state index contributed by atoms with van der Waals surface area (Å²) >= 11 is 7.28. The van der Waals surface area contributed by atoms with Crippen LogP contribution in [0.15, 0.2) is 51.1 Å². The average Bonchev–Trinajstić information content (AvgIpc) is 2.58. The quantitative estimate of drug-likeness (QED) is 0.774. The summed E-state index contributed by atoms with van der Waals surface area (Å²) < 4.78 is 26.7. The van der Waals surface area contributed by atoms with Crippen molar-refractivity contribution < 1.29 is 13.5 Å². The molecule has 0 amide bonds. The molecule has 1 aliphatic rings. The third-order valence-electron chi connectivity index (χ3n) is 3.97. The van der Waals surface area contributed by atoms with E-state index in [0.29, 0.717) is 17.3 Å². The van der Waals surface area contributed by atoms with E-state index >= 15 is 0 Å². The maximum atomic E-state index is 12.7. The molecule has 0 aliphatic carbocycles. The van der Waals surface area contributed by atoms with Crippen molar-refractivity contribution in [2.75, 3.05) is 31.4 Å². The zero-order chi connectivity index (χ0) is 18.2. The van der Waals surface area contributed by atoms with Gasteiger partial charge in [0.2, 0.25) is 10.0 Å². The Morgan fingerprint density at radius 3 is 2.64 bits per heavy atom. The SMILES string of the molecule is CN(C)S(=O)(=O)c1cccc2c1Sc1ccc(O)cc1N2CCCCl. The number of phenols is 1. The number of halogens is 1. The number of nitrogens with zero attached hydrogens (tertiary/aromatic N) is 2. The van der Waals surface area contributed by atoms with E-state index in [1.54, 1.807) is 24.3 Å². The van der Waals surface area contributed by atoms with Crippen molar-refractivity contribution in [2.45, 2.75) is 21.1 Å². The molecule has 1 heterocycles. The summed E-state index contributed by atoms with van der Waals surface area (Å²) in [7, 11) is -0.508. The highest BCUT2D eigenvalue weighted by atomic mass is 35.5. The Morgan fingerprint density at radius 1 is 1.20 bits per heavy atom. The van der Waals surface area contributed by atoms with E-state index in [4.69, 9.17) is 11.6 Å². The van der Waals surface area contributed by atoms with Gasteiger partial charge in [-0.3, -0.25) is 0 Å². The third kappa shape index (κ3) is 3.33. The van der Waals surface area contributed by atoms with E-state index in [0.717, 1.165) is 22.7 Å². The van der Waals surface area contributed by atoms with Gasteiger partial charge in [-0.1, -0.05) is 17.8 Å². The molecule has 0 saturated heterocycles. The fourth-order valence-electron chi connectivity index (χ4n) is 2.72. The van der Waals surface area contributed by atoms with Crippen LogP contribution < -0.4 is 4.90 Å². The van der Waals surface area contributed by atoms with Crippen molar-refractivity contribution in [3.05, 3.63) is 36.4 Å². The average molecular weight is 399 g/mol. The van der Waals surface area contributed by atoms with Gasteiger partial charge in [0, 0.05) is 37.5 Å². The lowest BCUT2D eigenvalue weighted by atomic mass is 10.2. The molecule has 2 aromatic carbocycles. The van der Waals surface area contributed by atoms with Gasteiger partial charge in [-0.05, 0) is 30.7 Å². The summed E-state index contributed by atoms with van der Waals surface area (Å²) in [5, 5.41) is 9.87. The molecule has 0 bridgehead atoms. The standard InChI is InChI=1S/C17H19ClN2O3S2/c1-19(2)25(22,23)16-6-3-5-13-17(16)24-15-8-7-12(21)11-14(15)20(13)10-4-9-18/h3,5-8,11,21H,4,9-10H2,1-2H3. The summed E-state index contributed by atoms with van der Waals surface area (Å²) in [6.45, 7) is 0.638. The third-order valence-corrected chi connectivity index (χ3v) is 7.42. The largest absolute Gasteiger partial charge is 0.508 e. The van der Waals surface area contributed by atoms with Gasteiger partial charge in [0.05, 0.1) is 21.2 Å². The van der Waals surface area contributed by atoms with Crippen LogP contribution in [0.3, 0.4) is 0 Å². The Bertz CT molecular complexity index is 901. The fraction of sp³-hybridized carbons (Fsp3) is 0.294. The molecular formula is C17H19ClN2O3S2. The number of phenolic OH excluding ortho intramolecular Hbond substituents is 1. The van der Waals surface area contributed by atoms with Crippen LogP contribution in [0, 0.1) is 0 Å². The molecule has 0 spiro atoms. The number of sulfonamides is 1. The number of alkyl halides is 1. The zero-order valence-corrected chi connectivity index (χ0v) is 16.3. The van der Waals surface area contributed by atoms with Crippen molar-refractivity contribution in [3.8, 4) is 5.75 Å². The Balaban J connectivity index is 2.20. The molecule has 2 aromatic rings. The van der Waals surface area contributed by atoms with Gasteiger partial charge in [0.25, 0.3) is 0 Å². The fourth-order valence-corrected chi connectivity index (χ4v) is 5.35. The number of rotatable bonds is 5. The predicted octanol–water partition coefficient (Wildman–Crippen LogP) is 3.87. The molecule has 0 aromatic heterocycles. The van der Waals surface area contributed by atoms with Gasteiger partial charge in [-0.25, -0.2) is 12.7 Å². The monoisotopic (exact) mass is 398 g/mol. The van der Waals surface area contributed by atoms with Crippen LogP contribution in [0.1, 0.15) is 6.42 Å². The van der Waals surface area contributed by atoms with Crippen LogP contribution in [0.25, 0.3) is 0 Å². The van der Waals surface area contributed by atoms with Crippen molar-refractivity contribution in [1.82, 2.24) is 4.31 Å². The molecule has 0 radical (unpaired) electrons. The number of anilines is 2. The molecule has 1 aliphatic heterocycles. The summed E-state index contributed by atoms with van der Waals surface area (Å²) in [5.41, 5.74) is 1.68. The van der Waals surface area contributed by atoms with Crippen LogP contribution in [-0.2, 0) is 10.0 Å². The van der Waals surface area contributed by atoms with Gasteiger partial charge in [0.15, 0.2) is 0 Å². The second-order valence-corrected chi connectivity index (χ2v) is 9.39. The Kier molecular flexibility index (Phi) is 5.20. The minimum Gasteiger partial charge on any atom is -0.508 e. The van der Waals surface area contributed by atoms with E-state index in [2.05, 4.69) is 0 Å². The second-order valence-electron chi connectivity index (χ2n) is 5.84. The number of hydrogen-bond acceptors (Lipinski definition) is 5. The molecule has 1 N–H and O–H groups in total. The van der Waals surface area contributed by atoms with Gasteiger partial charge in [-0.15, -0.1) is 11.6 Å². The summed E-state index contributed by atoms with van der Waals surface area (Å²) in [4.78, 5) is 3.91. The molecule has 134 valence electrons. The molecule has 0 fully saturated rings. The summed E-state index contributed by atoms with van der Waals surface area (Å²) in [6, 6.07) is 10.4. The van der Waals surface area contributed by atoms with Crippen LogP contribution >= 0.6 is 23.4 Å². The van der Waals surface area contributed by atoms with Crippen LogP contribution in [0.5, 0.6) is 5.75 Å². The Morgan fingerprint density at radius 2 is 1.96 bits per heavy atom. The summed E-state index contributed by atoms with van der Waals surface area (Å²) in [5.74, 6) is 0.679. The summed E-state index contributed by atoms with van der Waals surface area (Å²) in [6.07, 6.45) is 0.741. The molecule has 0 atom stereocenters. The molecule has 8 heteroatoms. The Hall–Kier alpha value is -1.41. The van der Waals surface area contributed by atoms with Crippen molar-refractivity contribution in [1.29, 1.82) is 0 Å². The molecule has 25 heavy (non-hydrogen) atoms. The van der Waals surface area contributed by atoms with E-state index in [1.807, 2.05) is 17.0 Å². The second kappa shape index (κ2) is 7.07. The van der Waals surface area contributed by atoms with Gasteiger partial charge in [0.1, 0.15) is 5.75 Å². The lowest BCUT2D eigenvalue weighted by Gasteiger charge is -2.34. The number of hydrogen-bond donors (Lipinski definition) is 1. The van der Waals surface area contributed by atoms with E-state index in [9.17, 15) is 13.5 Å². The number of benzene rings is 2. The lowest BCUT2D eigenvalue weighted by Crippen LogP contribution is -2.26. The van der Waals surface area contributed by atoms with Crippen LogP contribution in [0.2, 0.25) is 0 Å². The molecule has 0 saturated carbocycles.